The Kier molecular flexibility index (Phi) is 7.42. The van der Waals surface area contributed by atoms with Crippen molar-refractivity contribution in [1.82, 2.24) is 10.3 Å². The number of pyridine rings is 1. The third kappa shape index (κ3) is 4.63. The first-order chi connectivity index (χ1) is 8.60. The molecular formula is C14H22Br2N2. The molecule has 0 saturated carbocycles. The molecule has 0 aliphatic rings. The van der Waals surface area contributed by atoms with Crippen LogP contribution in [0.1, 0.15) is 51.8 Å². The monoisotopic (exact) mass is 376 g/mol. The van der Waals surface area contributed by atoms with Crippen molar-refractivity contribution in [1.29, 1.82) is 0 Å². The molecule has 0 saturated heterocycles. The van der Waals surface area contributed by atoms with Gasteiger partial charge in [-0.1, -0.05) is 27.2 Å². The molecule has 1 rings (SSSR count). The van der Waals surface area contributed by atoms with Gasteiger partial charge in [0.2, 0.25) is 0 Å². The Hall–Kier alpha value is 0.0700. The zero-order valence-electron chi connectivity index (χ0n) is 11.3. The number of aromatic nitrogens is 1. The highest BCUT2D eigenvalue weighted by atomic mass is 79.9. The molecule has 0 aliphatic heterocycles. The molecule has 2 nitrogen and oxygen atoms in total. The fourth-order valence-corrected chi connectivity index (χ4v) is 3.38. The van der Waals surface area contributed by atoms with E-state index in [9.17, 15) is 0 Å². The first kappa shape index (κ1) is 16.1. The highest BCUT2D eigenvalue weighted by Crippen LogP contribution is 2.30. The van der Waals surface area contributed by atoms with Crippen LogP contribution in [0, 0.1) is 5.92 Å². The van der Waals surface area contributed by atoms with Crippen LogP contribution in [0.4, 0.5) is 0 Å². The molecule has 1 N–H and O–H groups in total. The zero-order valence-corrected chi connectivity index (χ0v) is 14.5. The molecule has 0 aliphatic carbocycles. The van der Waals surface area contributed by atoms with E-state index in [1.54, 1.807) is 0 Å². The molecule has 2 atom stereocenters. The van der Waals surface area contributed by atoms with E-state index >= 15 is 0 Å². The van der Waals surface area contributed by atoms with Crippen LogP contribution in [0.15, 0.2) is 21.2 Å². The van der Waals surface area contributed by atoms with Crippen LogP contribution in [0.5, 0.6) is 0 Å². The topological polar surface area (TPSA) is 24.9 Å². The Morgan fingerprint density at radius 3 is 2.56 bits per heavy atom. The van der Waals surface area contributed by atoms with E-state index in [2.05, 4.69) is 69.0 Å². The van der Waals surface area contributed by atoms with E-state index in [4.69, 9.17) is 0 Å². The van der Waals surface area contributed by atoms with Gasteiger partial charge in [-0.25, -0.2) is 0 Å². The molecule has 0 amide bonds. The molecule has 4 heteroatoms. The first-order valence-electron chi connectivity index (χ1n) is 6.64. The maximum atomic E-state index is 4.58. The van der Waals surface area contributed by atoms with Crippen LogP contribution in [-0.4, -0.2) is 11.5 Å². The minimum Gasteiger partial charge on any atom is -0.308 e. The van der Waals surface area contributed by atoms with E-state index in [0.29, 0.717) is 12.0 Å². The van der Waals surface area contributed by atoms with Crippen LogP contribution in [0.2, 0.25) is 0 Å². The van der Waals surface area contributed by atoms with Gasteiger partial charge in [0, 0.05) is 15.1 Å². The number of halogens is 2. The molecule has 0 radical (unpaired) electrons. The van der Waals surface area contributed by atoms with Crippen molar-refractivity contribution < 1.29 is 0 Å². The van der Waals surface area contributed by atoms with Gasteiger partial charge in [0.1, 0.15) is 0 Å². The number of hydrogen-bond donors (Lipinski definition) is 1. The van der Waals surface area contributed by atoms with Crippen molar-refractivity contribution >= 4 is 31.9 Å². The summed E-state index contributed by atoms with van der Waals surface area (Å²) in [5.74, 6) is 0.589. The summed E-state index contributed by atoms with van der Waals surface area (Å²) >= 11 is 7.08. The van der Waals surface area contributed by atoms with E-state index < -0.39 is 0 Å². The molecule has 18 heavy (non-hydrogen) atoms. The lowest BCUT2D eigenvalue weighted by atomic mass is 9.94. The SMILES string of the molecule is CCCNC(c1ncc(Br)cc1Br)C(C)CCC. The highest BCUT2D eigenvalue weighted by Gasteiger charge is 2.21. The van der Waals surface area contributed by atoms with E-state index in [1.807, 2.05) is 6.20 Å². The summed E-state index contributed by atoms with van der Waals surface area (Å²) in [5, 5.41) is 3.62. The maximum Gasteiger partial charge on any atom is 0.0718 e. The molecule has 0 bridgehead atoms. The second-order valence-corrected chi connectivity index (χ2v) is 6.49. The molecule has 0 spiro atoms. The smallest absolute Gasteiger partial charge is 0.0718 e. The van der Waals surface area contributed by atoms with Crippen molar-refractivity contribution in [2.45, 2.75) is 46.1 Å². The molecule has 0 fully saturated rings. The molecule has 102 valence electrons. The summed E-state index contributed by atoms with van der Waals surface area (Å²) < 4.78 is 2.09. The second-order valence-electron chi connectivity index (χ2n) is 4.72. The summed E-state index contributed by atoms with van der Waals surface area (Å²) in [4.78, 5) is 4.58. The molecule has 1 aromatic rings. The van der Waals surface area contributed by atoms with Crippen molar-refractivity contribution in [2.24, 2.45) is 5.92 Å². The van der Waals surface area contributed by atoms with Gasteiger partial charge in [0.05, 0.1) is 11.7 Å². The molecule has 1 aromatic heterocycles. The molecular weight excluding hydrogens is 356 g/mol. The fourth-order valence-electron chi connectivity index (χ4n) is 2.14. The summed E-state index contributed by atoms with van der Waals surface area (Å²) in [6.45, 7) is 7.76. The third-order valence-corrected chi connectivity index (χ3v) is 4.13. The Balaban J connectivity index is 2.93. The third-order valence-electron chi connectivity index (χ3n) is 3.06. The van der Waals surface area contributed by atoms with Gasteiger partial charge in [-0.05, 0) is 63.2 Å². The van der Waals surface area contributed by atoms with Crippen LogP contribution in [0.3, 0.4) is 0 Å². The highest BCUT2D eigenvalue weighted by molar-refractivity contribution is 9.11. The maximum absolute atomic E-state index is 4.58. The normalized spacial score (nSPS) is 14.5. The summed E-state index contributed by atoms with van der Waals surface area (Å²) in [6.07, 6.45) is 5.44. The van der Waals surface area contributed by atoms with Gasteiger partial charge < -0.3 is 5.32 Å². The lowest BCUT2D eigenvalue weighted by Crippen LogP contribution is -2.28. The predicted octanol–water partition coefficient (Wildman–Crippen LogP) is 5.08. The zero-order chi connectivity index (χ0) is 13.5. The summed E-state index contributed by atoms with van der Waals surface area (Å²) in [5.41, 5.74) is 1.12. The van der Waals surface area contributed by atoms with Crippen LogP contribution >= 0.6 is 31.9 Å². The van der Waals surface area contributed by atoms with Gasteiger partial charge in [-0.2, -0.15) is 0 Å². The van der Waals surface area contributed by atoms with E-state index in [0.717, 1.165) is 27.6 Å². The van der Waals surface area contributed by atoms with Crippen molar-refractivity contribution in [3.05, 3.63) is 26.9 Å². The number of hydrogen-bond acceptors (Lipinski definition) is 2. The minimum atomic E-state index is 0.326. The van der Waals surface area contributed by atoms with Gasteiger partial charge in [0.25, 0.3) is 0 Å². The van der Waals surface area contributed by atoms with Crippen LogP contribution < -0.4 is 5.32 Å². The van der Waals surface area contributed by atoms with Gasteiger partial charge in [0.15, 0.2) is 0 Å². The fraction of sp³-hybridized carbons (Fsp3) is 0.643. The van der Waals surface area contributed by atoms with Gasteiger partial charge >= 0.3 is 0 Å². The van der Waals surface area contributed by atoms with Gasteiger partial charge in [-0.15, -0.1) is 0 Å². The second kappa shape index (κ2) is 8.28. The predicted molar refractivity (Wildman–Crippen MR) is 84.7 cm³/mol. The standard InChI is InChI=1S/C14H22Br2N2/c1-4-6-10(3)13(17-7-5-2)14-12(16)8-11(15)9-18-14/h8-10,13,17H,4-7H2,1-3H3. The van der Waals surface area contributed by atoms with Crippen molar-refractivity contribution in [2.75, 3.05) is 6.54 Å². The molecule has 0 aromatic carbocycles. The average molecular weight is 378 g/mol. The Bertz CT molecular complexity index is 369. The number of rotatable bonds is 7. The lowest BCUT2D eigenvalue weighted by molar-refractivity contribution is 0.355. The Morgan fingerprint density at radius 2 is 2.00 bits per heavy atom. The first-order valence-corrected chi connectivity index (χ1v) is 8.23. The Labute approximate surface area is 127 Å². The summed E-state index contributed by atoms with van der Waals surface area (Å²) in [7, 11) is 0. The average Bonchev–Trinajstić information content (AvgIpc) is 2.32. The van der Waals surface area contributed by atoms with Crippen molar-refractivity contribution in [3.8, 4) is 0 Å². The Morgan fingerprint density at radius 1 is 1.28 bits per heavy atom. The lowest BCUT2D eigenvalue weighted by Gasteiger charge is -2.25. The van der Waals surface area contributed by atoms with E-state index in [1.165, 1.54) is 12.8 Å². The molecule has 1 heterocycles. The largest absolute Gasteiger partial charge is 0.308 e. The quantitative estimate of drug-likeness (QED) is 0.716. The van der Waals surface area contributed by atoms with Crippen molar-refractivity contribution in [3.63, 3.8) is 0 Å². The minimum absolute atomic E-state index is 0.326. The number of nitrogens with one attached hydrogen (secondary N) is 1. The van der Waals surface area contributed by atoms with Gasteiger partial charge in [-0.3, -0.25) is 4.98 Å². The number of nitrogens with zero attached hydrogens (tertiary/aromatic N) is 1. The van der Waals surface area contributed by atoms with Crippen LogP contribution in [0.25, 0.3) is 0 Å². The summed E-state index contributed by atoms with van der Waals surface area (Å²) in [6, 6.07) is 2.40. The molecule has 2 unspecified atom stereocenters. The van der Waals surface area contributed by atoms with Crippen LogP contribution in [-0.2, 0) is 0 Å². The van der Waals surface area contributed by atoms with E-state index in [-0.39, 0.29) is 0 Å².